The summed E-state index contributed by atoms with van der Waals surface area (Å²) in [5.74, 6) is -0.885. The molecule has 5 nitrogen and oxygen atoms in total. The Balaban J connectivity index is 1.84. The Morgan fingerprint density at radius 2 is 1.81 bits per heavy atom. The summed E-state index contributed by atoms with van der Waals surface area (Å²) in [5.41, 5.74) is 3.98. The van der Waals surface area contributed by atoms with E-state index < -0.39 is 17.4 Å². The summed E-state index contributed by atoms with van der Waals surface area (Å²) in [5, 5.41) is 10.6. The van der Waals surface area contributed by atoms with Gasteiger partial charge in [0.2, 0.25) is 5.91 Å². The molecule has 1 aromatic carbocycles. The number of hydrogen-bond acceptors (Lipinski definition) is 3. The Labute approximate surface area is 128 Å². The molecule has 0 spiro atoms. The maximum Gasteiger partial charge on any atom is 0.271 e. The molecular formula is C15H19ClN2O3. The number of hydrogen-bond donors (Lipinski definition) is 3. The van der Waals surface area contributed by atoms with Crippen LogP contribution >= 0.6 is 11.6 Å². The Morgan fingerprint density at radius 1 is 1.14 bits per heavy atom. The highest BCUT2D eigenvalue weighted by atomic mass is 35.5. The van der Waals surface area contributed by atoms with Gasteiger partial charge in [0.1, 0.15) is 0 Å². The third-order valence-electron chi connectivity index (χ3n) is 3.71. The quantitative estimate of drug-likeness (QED) is 0.749. The molecule has 1 aliphatic rings. The highest BCUT2D eigenvalue weighted by Crippen LogP contribution is 2.30. The van der Waals surface area contributed by atoms with Gasteiger partial charge in [-0.2, -0.15) is 0 Å². The van der Waals surface area contributed by atoms with Crippen LogP contribution < -0.4 is 10.9 Å². The molecule has 3 N–H and O–H groups in total. The fourth-order valence-electron chi connectivity index (χ4n) is 2.57. The van der Waals surface area contributed by atoms with Crippen LogP contribution in [0.4, 0.5) is 0 Å². The standard InChI is InChI=1S/C15H19ClN2O3/c16-12-7-3-2-6-11(12)14(20)18-17-13(19)10-15(21)8-4-1-5-9-15/h2-3,6-7,21H,1,4-5,8-10H2,(H,17,19)(H,18,20). The smallest absolute Gasteiger partial charge is 0.271 e. The Hall–Kier alpha value is -1.59. The van der Waals surface area contributed by atoms with Crippen molar-refractivity contribution in [2.45, 2.75) is 44.1 Å². The van der Waals surface area contributed by atoms with Crippen molar-refractivity contribution >= 4 is 23.4 Å². The molecule has 2 rings (SSSR count). The van der Waals surface area contributed by atoms with Crippen molar-refractivity contribution in [2.75, 3.05) is 0 Å². The van der Waals surface area contributed by atoms with E-state index in [1.807, 2.05) is 0 Å². The van der Waals surface area contributed by atoms with Crippen molar-refractivity contribution in [2.24, 2.45) is 0 Å². The lowest BCUT2D eigenvalue weighted by Crippen LogP contribution is -2.45. The molecule has 1 fully saturated rings. The van der Waals surface area contributed by atoms with E-state index in [0.717, 1.165) is 19.3 Å². The van der Waals surface area contributed by atoms with Crippen molar-refractivity contribution in [1.29, 1.82) is 0 Å². The van der Waals surface area contributed by atoms with Crippen LogP contribution in [0.5, 0.6) is 0 Å². The van der Waals surface area contributed by atoms with Crippen molar-refractivity contribution in [3.05, 3.63) is 34.9 Å². The molecule has 0 aromatic heterocycles. The van der Waals surface area contributed by atoms with Crippen LogP contribution in [0, 0.1) is 0 Å². The Morgan fingerprint density at radius 3 is 2.48 bits per heavy atom. The van der Waals surface area contributed by atoms with Crippen molar-refractivity contribution < 1.29 is 14.7 Å². The summed E-state index contributed by atoms with van der Waals surface area (Å²) >= 11 is 5.90. The van der Waals surface area contributed by atoms with Crippen LogP contribution in [0.3, 0.4) is 0 Å². The van der Waals surface area contributed by atoms with E-state index in [0.29, 0.717) is 17.9 Å². The lowest BCUT2D eigenvalue weighted by atomic mass is 9.82. The zero-order valence-corrected chi connectivity index (χ0v) is 12.4. The number of benzene rings is 1. The summed E-state index contributed by atoms with van der Waals surface area (Å²) in [6, 6.07) is 6.57. The fraction of sp³-hybridized carbons (Fsp3) is 0.467. The van der Waals surface area contributed by atoms with Crippen LogP contribution in [0.25, 0.3) is 0 Å². The summed E-state index contributed by atoms with van der Waals surface area (Å²) in [6.07, 6.45) is 4.19. The van der Waals surface area contributed by atoms with Gasteiger partial charge in [0.25, 0.3) is 5.91 Å². The van der Waals surface area contributed by atoms with Crippen molar-refractivity contribution in [1.82, 2.24) is 10.9 Å². The van der Waals surface area contributed by atoms with Gasteiger partial charge in [-0.05, 0) is 25.0 Å². The van der Waals surface area contributed by atoms with Crippen LogP contribution in [0.15, 0.2) is 24.3 Å². The second kappa shape index (κ2) is 6.91. The maximum atomic E-state index is 11.9. The zero-order chi connectivity index (χ0) is 15.3. The number of hydrazine groups is 1. The average Bonchev–Trinajstić information content (AvgIpc) is 2.45. The van der Waals surface area contributed by atoms with E-state index in [1.54, 1.807) is 24.3 Å². The fourth-order valence-corrected chi connectivity index (χ4v) is 2.79. The number of aliphatic hydroxyl groups is 1. The normalized spacial score (nSPS) is 17.0. The summed E-state index contributed by atoms with van der Waals surface area (Å²) in [7, 11) is 0. The van der Waals surface area contributed by atoms with Crippen LogP contribution in [0.1, 0.15) is 48.9 Å². The lowest BCUT2D eigenvalue weighted by molar-refractivity contribution is -0.128. The minimum Gasteiger partial charge on any atom is -0.389 e. The van der Waals surface area contributed by atoms with Crippen molar-refractivity contribution in [3.63, 3.8) is 0 Å². The van der Waals surface area contributed by atoms with Gasteiger partial charge in [0.15, 0.2) is 0 Å². The molecule has 0 heterocycles. The topological polar surface area (TPSA) is 78.4 Å². The van der Waals surface area contributed by atoms with E-state index in [-0.39, 0.29) is 12.0 Å². The molecule has 0 saturated heterocycles. The third kappa shape index (κ3) is 4.44. The molecule has 1 saturated carbocycles. The Kier molecular flexibility index (Phi) is 5.20. The SMILES string of the molecule is O=C(CC1(O)CCCCC1)NNC(=O)c1ccccc1Cl. The molecule has 0 unspecified atom stereocenters. The molecule has 6 heteroatoms. The highest BCUT2D eigenvalue weighted by molar-refractivity contribution is 6.33. The minimum atomic E-state index is -0.947. The molecule has 21 heavy (non-hydrogen) atoms. The predicted octanol–water partition coefficient (Wildman–Crippen LogP) is 2.19. The number of rotatable bonds is 3. The number of nitrogens with one attached hydrogen (secondary N) is 2. The number of amides is 2. The van der Waals surface area contributed by atoms with E-state index in [9.17, 15) is 14.7 Å². The van der Waals surface area contributed by atoms with E-state index in [2.05, 4.69) is 10.9 Å². The molecule has 1 aliphatic carbocycles. The molecule has 1 aromatic rings. The van der Waals surface area contributed by atoms with E-state index in [1.165, 1.54) is 0 Å². The second-order valence-corrected chi connectivity index (χ2v) is 5.85. The summed E-state index contributed by atoms with van der Waals surface area (Å²) in [6.45, 7) is 0. The average molecular weight is 311 g/mol. The Bertz CT molecular complexity index is 527. The maximum absolute atomic E-state index is 11.9. The number of carbonyl (C=O) groups excluding carboxylic acids is 2. The summed E-state index contributed by atoms with van der Waals surface area (Å²) < 4.78 is 0. The monoisotopic (exact) mass is 310 g/mol. The van der Waals surface area contributed by atoms with E-state index >= 15 is 0 Å². The van der Waals surface area contributed by atoms with Crippen LogP contribution in [0.2, 0.25) is 5.02 Å². The molecule has 0 aliphatic heterocycles. The first kappa shape index (κ1) is 15.8. The third-order valence-corrected chi connectivity index (χ3v) is 4.04. The number of carbonyl (C=O) groups is 2. The van der Waals surface area contributed by atoms with Gasteiger partial charge in [-0.25, -0.2) is 0 Å². The molecule has 0 radical (unpaired) electrons. The van der Waals surface area contributed by atoms with Crippen molar-refractivity contribution in [3.8, 4) is 0 Å². The van der Waals surface area contributed by atoms with Crippen LogP contribution in [-0.2, 0) is 4.79 Å². The predicted molar refractivity (Wildman–Crippen MR) is 79.7 cm³/mol. The van der Waals surface area contributed by atoms with Gasteiger partial charge in [-0.15, -0.1) is 0 Å². The highest BCUT2D eigenvalue weighted by Gasteiger charge is 2.31. The van der Waals surface area contributed by atoms with Gasteiger partial charge in [-0.1, -0.05) is 43.0 Å². The number of halogens is 1. The van der Waals surface area contributed by atoms with Gasteiger partial charge in [0.05, 0.1) is 22.6 Å². The molecule has 0 atom stereocenters. The first-order valence-corrected chi connectivity index (χ1v) is 7.44. The minimum absolute atomic E-state index is 0.00416. The molecule has 114 valence electrons. The van der Waals surface area contributed by atoms with E-state index in [4.69, 9.17) is 11.6 Å². The molecular weight excluding hydrogens is 292 g/mol. The van der Waals surface area contributed by atoms with Crippen LogP contribution in [-0.4, -0.2) is 22.5 Å². The first-order valence-electron chi connectivity index (χ1n) is 7.06. The summed E-state index contributed by atoms with van der Waals surface area (Å²) in [4.78, 5) is 23.7. The van der Waals surface area contributed by atoms with Gasteiger partial charge in [0, 0.05) is 0 Å². The zero-order valence-electron chi connectivity index (χ0n) is 11.7. The van der Waals surface area contributed by atoms with Gasteiger partial charge >= 0.3 is 0 Å². The lowest BCUT2D eigenvalue weighted by Gasteiger charge is -2.31. The molecule has 2 amide bonds. The second-order valence-electron chi connectivity index (χ2n) is 5.44. The van der Waals surface area contributed by atoms with Gasteiger partial charge < -0.3 is 5.11 Å². The largest absolute Gasteiger partial charge is 0.389 e. The first-order chi connectivity index (χ1) is 10.0. The molecule has 0 bridgehead atoms. The van der Waals surface area contributed by atoms with Gasteiger partial charge in [-0.3, -0.25) is 20.4 Å².